The summed E-state index contributed by atoms with van der Waals surface area (Å²) < 4.78 is 55.0. The van der Waals surface area contributed by atoms with Gasteiger partial charge in [-0.25, -0.2) is 47.1 Å². The lowest BCUT2D eigenvalue weighted by atomic mass is 10.1. The summed E-state index contributed by atoms with van der Waals surface area (Å²) in [7, 11) is -3.62. The van der Waals surface area contributed by atoms with Crippen molar-refractivity contribution in [3.05, 3.63) is 132 Å². The van der Waals surface area contributed by atoms with Crippen molar-refractivity contribution in [3.63, 3.8) is 0 Å². The lowest BCUT2D eigenvalue weighted by Crippen LogP contribution is -2.24. The zero-order valence-corrected chi connectivity index (χ0v) is 29.0. The van der Waals surface area contributed by atoms with E-state index in [1.807, 2.05) is 0 Å². The number of nitrogens with one attached hydrogen (secondary N) is 1. The maximum Gasteiger partial charge on any atom is 0.247 e. The van der Waals surface area contributed by atoms with Crippen molar-refractivity contribution in [2.45, 2.75) is 24.0 Å². The molecule has 0 aliphatic heterocycles. The number of hydrogen-bond acceptors (Lipinski definition) is 11. The molecule has 1 fully saturated rings. The minimum Gasteiger partial charge on any atom is -0.619 e. The lowest BCUT2D eigenvalue weighted by molar-refractivity contribution is -0.604. The van der Waals surface area contributed by atoms with E-state index in [9.17, 15) is 27.6 Å². The topological polar surface area (TPSA) is 186 Å². The van der Waals surface area contributed by atoms with Crippen molar-refractivity contribution < 1.29 is 26.7 Å². The first-order valence-corrected chi connectivity index (χ1v) is 18.3. The first-order valence-electron chi connectivity index (χ1n) is 16.4. The zero-order chi connectivity index (χ0) is 37.6. The fourth-order valence-corrected chi connectivity index (χ4v) is 6.21. The van der Waals surface area contributed by atoms with Crippen LogP contribution in [0.2, 0.25) is 0 Å². The highest BCUT2D eigenvalue weighted by Crippen LogP contribution is 2.33. The minimum atomic E-state index is -3.62. The second kappa shape index (κ2) is 13.6. The first-order chi connectivity index (χ1) is 26.0. The largest absolute Gasteiger partial charge is 0.619 e. The van der Waals surface area contributed by atoms with Crippen molar-refractivity contribution in [3.8, 4) is 45.3 Å². The van der Waals surface area contributed by atoms with Crippen molar-refractivity contribution in [1.29, 1.82) is 0 Å². The zero-order valence-electron chi connectivity index (χ0n) is 28.2. The highest BCUT2D eigenvalue weighted by molar-refractivity contribution is 7.90. The molecule has 8 aromatic rings. The molecule has 6 heterocycles. The highest BCUT2D eigenvalue weighted by atomic mass is 32.2. The van der Waals surface area contributed by atoms with E-state index < -0.39 is 15.7 Å². The van der Waals surface area contributed by atoms with E-state index in [4.69, 9.17) is 0 Å². The Balaban J connectivity index is 0.000000153. The highest BCUT2D eigenvalue weighted by Gasteiger charge is 2.24. The summed E-state index contributed by atoms with van der Waals surface area (Å²) in [6.45, 7) is 0. The smallest absolute Gasteiger partial charge is 0.247 e. The number of imidazole rings is 2. The third-order valence-corrected chi connectivity index (χ3v) is 9.20. The van der Waals surface area contributed by atoms with Crippen LogP contribution >= 0.6 is 0 Å². The summed E-state index contributed by atoms with van der Waals surface area (Å²) in [5, 5.41) is 26.3. The summed E-state index contributed by atoms with van der Waals surface area (Å²) in [4.78, 5) is 25.9. The number of halogens is 2. The molecule has 0 amide bonds. The molecular formula is C36H27F2N11O4S. The predicted molar refractivity (Wildman–Crippen MR) is 191 cm³/mol. The maximum atomic E-state index is 13.4. The second-order valence-corrected chi connectivity index (χ2v) is 14.3. The van der Waals surface area contributed by atoms with Gasteiger partial charge in [-0.1, -0.05) is 0 Å². The molecule has 0 saturated heterocycles. The van der Waals surface area contributed by atoms with E-state index in [2.05, 4.69) is 35.2 Å². The number of fused-ring (bicyclic) bond motifs is 2. The molecule has 0 spiro atoms. The molecule has 15 nitrogen and oxygen atoms in total. The summed E-state index contributed by atoms with van der Waals surface area (Å²) in [5.41, 5.74) is 5.36. The number of anilines is 1. The van der Waals surface area contributed by atoms with Gasteiger partial charge in [-0.05, 0) is 73.5 Å². The number of hydrogen-bond donors (Lipinski definition) is 1. The van der Waals surface area contributed by atoms with Gasteiger partial charge in [0.25, 0.3) is 0 Å². The molecule has 1 aliphatic rings. The van der Waals surface area contributed by atoms with Crippen LogP contribution in [0.1, 0.15) is 12.8 Å². The average molecular weight is 748 g/mol. The van der Waals surface area contributed by atoms with Crippen molar-refractivity contribution in [2.75, 3.05) is 11.6 Å². The van der Waals surface area contributed by atoms with Crippen LogP contribution in [-0.4, -0.2) is 59.4 Å². The van der Waals surface area contributed by atoms with Gasteiger partial charge in [0.1, 0.15) is 11.6 Å². The SMILES string of the molecule is CS(=O)(=O)c1nccc(-c2c(-c3ccc(F)cc3)nc3c[n+]([O-])ccn23)n1.[O-][n+]1ccn2c(-c3ccnc(NC4CC4)n3)c(-c3ccc(F)cc3)nc2c1. The van der Waals surface area contributed by atoms with Gasteiger partial charge in [0.05, 0.1) is 46.6 Å². The van der Waals surface area contributed by atoms with Crippen LogP contribution in [0.25, 0.3) is 56.6 Å². The lowest BCUT2D eigenvalue weighted by Gasteiger charge is -2.07. The monoisotopic (exact) mass is 747 g/mol. The van der Waals surface area contributed by atoms with Gasteiger partial charge in [-0.3, -0.25) is 8.80 Å². The molecule has 1 aliphatic carbocycles. The predicted octanol–water partition coefficient (Wildman–Crippen LogP) is 4.44. The van der Waals surface area contributed by atoms with Gasteiger partial charge in [0, 0.05) is 35.8 Å². The second-order valence-electron chi connectivity index (χ2n) is 12.3. The molecular weight excluding hydrogens is 721 g/mol. The third kappa shape index (κ3) is 6.96. The average Bonchev–Trinajstić information content (AvgIpc) is 3.77. The number of benzene rings is 2. The molecule has 270 valence electrons. The quantitative estimate of drug-likeness (QED) is 0.138. The van der Waals surface area contributed by atoms with Gasteiger partial charge in [0.15, 0.2) is 12.4 Å². The van der Waals surface area contributed by atoms with E-state index in [0.717, 1.165) is 30.4 Å². The van der Waals surface area contributed by atoms with Crippen molar-refractivity contribution >= 4 is 27.1 Å². The first kappa shape index (κ1) is 34.2. The number of aromatic nitrogens is 10. The van der Waals surface area contributed by atoms with E-state index in [1.54, 1.807) is 57.6 Å². The van der Waals surface area contributed by atoms with Crippen LogP contribution in [-0.2, 0) is 9.84 Å². The Morgan fingerprint density at radius 3 is 1.67 bits per heavy atom. The molecule has 0 radical (unpaired) electrons. The molecule has 1 N–H and O–H groups in total. The Morgan fingerprint density at radius 1 is 0.704 bits per heavy atom. The van der Waals surface area contributed by atoms with Crippen LogP contribution in [0, 0.1) is 22.0 Å². The maximum absolute atomic E-state index is 13.4. The van der Waals surface area contributed by atoms with Crippen LogP contribution in [0.5, 0.6) is 0 Å². The van der Waals surface area contributed by atoms with Gasteiger partial charge >= 0.3 is 0 Å². The number of rotatable bonds is 7. The van der Waals surface area contributed by atoms with Gasteiger partial charge in [-0.15, -0.1) is 0 Å². The summed E-state index contributed by atoms with van der Waals surface area (Å²) in [5.74, 6) is -0.160. The van der Waals surface area contributed by atoms with Crippen LogP contribution < -0.4 is 14.8 Å². The van der Waals surface area contributed by atoms with E-state index in [0.29, 0.717) is 66.8 Å². The molecule has 0 unspecified atom stereocenters. The molecule has 1 saturated carbocycles. The molecule has 6 aromatic heterocycles. The Morgan fingerprint density at radius 2 is 1.19 bits per heavy atom. The van der Waals surface area contributed by atoms with Crippen molar-refractivity contribution in [2.24, 2.45) is 0 Å². The van der Waals surface area contributed by atoms with Gasteiger partial charge in [0.2, 0.25) is 44.6 Å². The van der Waals surface area contributed by atoms with E-state index >= 15 is 0 Å². The molecule has 2 aromatic carbocycles. The Hall–Kier alpha value is -6.95. The Kier molecular flexibility index (Phi) is 8.57. The molecule has 0 atom stereocenters. The minimum absolute atomic E-state index is 0.306. The summed E-state index contributed by atoms with van der Waals surface area (Å²) in [6, 6.07) is 15.5. The van der Waals surface area contributed by atoms with E-state index in [-0.39, 0.29) is 11.0 Å². The van der Waals surface area contributed by atoms with Gasteiger partial charge in [-0.2, -0.15) is 9.46 Å². The number of sulfone groups is 1. The van der Waals surface area contributed by atoms with Crippen molar-refractivity contribution in [1.82, 2.24) is 38.7 Å². The standard InChI is InChI=1S/C19H15FN6O.C17H12FN5O3S/c20-13-3-1-12(2-4-13)17-18(26-10-9-25(27)11-16(26)24-17)15-7-8-21-19(23-15)22-14-5-6-14;1-27(25,26)17-19-7-6-13(20-17)16-15(11-2-4-12(18)5-3-11)21-14-10-22(24)8-9-23(14)16/h1-4,7-11,14H,5-6H2,(H,21,22,23);2-10H,1H3. The Labute approximate surface area is 305 Å². The molecule has 9 rings (SSSR count). The summed E-state index contributed by atoms with van der Waals surface area (Å²) >= 11 is 0. The molecule has 0 bridgehead atoms. The fourth-order valence-electron chi connectivity index (χ4n) is 5.69. The van der Waals surface area contributed by atoms with Crippen LogP contribution in [0.3, 0.4) is 0 Å². The molecule has 54 heavy (non-hydrogen) atoms. The van der Waals surface area contributed by atoms with Crippen LogP contribution in [0.4, 0.5) is 14.7 Å². The Bertz CT molecular complexity index is 2790. The third-order valence-electron chi connectivity index (χ3n) is 8.34. The number of nitrogens with zero attached hydrogens (tertiary/aromatic N) is 10. The molecule has 18 heteroatoms. The van der Waals surface area contributed by atoms with E-state index in [1.165, 1.54) is 61.4 Å². The normalized spacial score (nSPS) is 12.8. The van der Waals surface area contributed by atoms with Gasteiger partial charge < -0.3 is 15.7 Å². The van der Waals surface area contributed by atoms with Crippen LogP contribution in [0.15, 0.2) is 115 Å². The summed E-state index contributed by atoms with van der Waals surface area (Å²) in [6.07, 6.45) is 14.8. The fraction of sp³-hybridized carbons (Fsp3) is 0.111.